The number of halogens is 1. The first-order valence-electron chi connectivity index (χ1n) is 31.3. The fourth-order valence-electron chi connectivity index (χ4n) is 12.5. The summed E-state index contributed by atoms with van der Waals surface area (Å²) in [6, 6.07) is 26.6. The third-order valence-electron chi connectivity index (χ3n) is 17.5. The van der Waals surface area contributed by atoms with E-state index in [1.807, 2.05) is 31.1 Å². The molecule has 15 rings (SSSR count). The second kappa shape index (κ2) is 29.3. The number of hydrogen-bond donors (Lipinski definition) is 3. The third-order valence-corrected chi connectivity index (χ3v) is 22.4. The Labute approximate surface area is 560 Å². The number of anilines is 2. The van der Waals surface area contributed by atoms with Gasteiger partial charge in [-0.25, -0.2) is 46.5 Å². The van der Waals surface area contributed by atoms with Crippen molar-refractivity contribution in [1.29, 1.82) is 0 Å². The van der Waals surface area contributed by atoms with E-state index in [9.17, 15) is 34.4 Å². The number of ether oxygens (including phenoxy) is 3. The Morgan fingerprint density at radius 3 is 1.82 bits per heavy atom. The van der Waals surface area contributed by atoms with Crippen molar-refractivity contribution in [2.75, 3.05) is 103 Å². The van der Waals surface area contributed by atoms with Gasteiger partial charge in [-0.15, -0.1) is 0 Å². The van der Waals surface area contributed by atoms with Gasteiger partial charge in [-0.2, -0.15) is 0 Å². The van der Waals surface area contributed by atoms with Gasteiger partial charge in [0.05, 0.1) is 51.2 Å². The number of fused-ring (bicyclic) bond motifs is 6. The van der Waals surface area contributed by atoms with Gasteiger partial charge in [0.1, 0.15) is 23.7 Å². The van der Waals surface area contributed by atoms with Crippen LogP contribution in [0.25, 0.3) is 49.7 Å². The highest BCUT2D eigenvalue weighted by Gasteiger charge is 2.31. The highest BCUT2D eigenvalue weighted by atomic mass is 32.2. The molecule has 28 heteroatoms. The molecule has 0 radical (unpaired) electrons. The molecule has 0 bridgehead atoms. The van der Waals surface area contributed by atoms with E-state index in [-0.39, 0.29) is 39.1 Å². The minimum absolute atomic E-state index is 0.0372. The van der Waals surface area contributed by atoms with Crippen LogP contribution < -0.4 is 29.3 Å². The number of benzene rings is 4. The van der Waals surface area contributed by atoms with Gasteiger partial charge in [-0.05, 0) is 141 Å². The molecular weight excluding hydrogens is 1310 g/mol. The molecule has 97 heavy (non-hydrogen) atoms. The zero-order valence-corrected chi connectivity index (χ0v) is 56.2. The highest BCUT2D eigenvalue weighted by molar-refractivity contribution is 7.90. The number of carbonyl (C=O) groups is 3. The Balaban J connectivity index is 0.000000142. The van der Waals surface area contributed by atoms with Crippen molar-refractivity contribution in [1.82, 2.24) is 37.0 Å². The Morgan fingerprint density at radius 1 is 0.577 bits per heavy atom. The number of para-hydroxylation sites is 1. The second-order valence-corrected chi connectivity index (χ2v) is 29.0. The zero-order valence-electron chi connectivity index (χ0n) is 53.7. The number of carbonyl (C=O) groups excluding carboxylic acids is 1. The molecule has 3 N–H and O–H groups in total. The maximum Gasteiger partial charge on any atom is 0.290 e. The fourth-order valence-corrected chi connectivity index (χ4v) is 16.6. The van der Waals surface area contributed by atoms with Gasteiger partial charge >= 0.3 is 0 Å². The molecule has 24 nitrogen and oxygen atoms in total. The normalized spacial score (nSPS) is 16.4. The Kier molecular flexibility index (Phi) is 20.8. The average Bonchev–Trinajstić information content (AvgIpc) is 1.70. The predicted octanol–water partition coefficient (Wildman–Crippen LogP) is 8.68. The van der Waals surface area contributed by atoms with E-state index in [2.05, 4.69) is 50.4 Å². The molecule has 0 saturated heterocycles. The number of pyridine rings is 2. The number of carboxylic acid groups (broad SMARTS) is 2. The minimum atomic E-state index is -4.03. The lowest BCUT2D eigenvalue weighted by atomic mass is 9.99. The van der Waals surface area contributed by atoms with Gasteiger partial charge in [0, 0.05) is 136 Å². The van der Waals surface area contributed by atoms with Gasteiger partial charge in [0.2, 0.25) is 5.91 Å². The SMILES string of the molecule is CC(=O)N1CCc2cc(S(=O)(=O)n3cc(C4=CCNCC4)c4cccnc43)ccc21.CN1CC=C(c2cn(S(=O)(=O)c3ccc4c(c3)OCCCO4)c3cccnc23)CC1.CN1CC=C(c2cn(S(=O)(=O)c3ccc4c(c3)OCCN4C)c3c(F)cccc23)CC1.O=CO.O=CO. The van der Waals surface area contributed by atoms with Crippen molar-refractivity contribution in [3.05, 3.63) is 174 Å². The standard InChI is InChI=1S/C23H24FN3O3S.C22H22N4O3S.C22H23N3O4S.2CH2O2/c1-25-10-8-16(9-11-25)19-15-27(23-18(19)4-3-5-20(23)24)31(28,29)17-6-7-21-22(14-17)30-13-12-26(21)2;1-15(27)25-12-8-17-13-18(4-5-21(17)25)30(28,29)26-14-20(16-6-10-23-11-7-16)19-3-2-9-24-22(19)26;1-24-10-7-16(8-11-24)18-15-25(19-4-2-9-23-22(18)19)30(26,27)17-5-6-20-21(14-17)29-13-3-12-28-20;2*2-1-3/h3-8,14-15H,9-13H2,1-2H3;2-6,9,13-14,23H,7-8,10-12H2,1H3;2,4-7,9,14-15H,3,8,10-13H2,1H3;2*1H,(H,2,3). The lowest BCUT2D eigenvalue weighted by molar-refractivity contribution is -0.123. The molecule has 9 aromatic rings. The van der Waals surface area contributed by atoms with E-state index < -0.39 is 35.9 Å². The van der Waals surface area contributed by atoms with Crippen LogP contribution in [0.3, 0.4) is 0 Å². The molecule has 0 saturated carbocycles. The second-order valence-electron chi connectivity index (χ2n) is 23.6. The first kappa shape index (κ1) is 68.7. The first-order valence-corrected chi connectivity index (χ1v) is 35.6. The van der Waals surface area contributed by atoms with Crippen LogP contribution in [0.2, 0.25) is 0 Å². The monoisotopic (exact) mass is 1380 g/mol. The molecule has 0 spiro atoms. The number of amides is 1. The molecule has 0 fully saturated rings. The van der Waals surface area contributed by atoms with Crippen LogP contribution in [0.1, 0.15) is 54.9 Å². The molecule has 5 aromatic heterocycles. The number of aromatic nitrogens is 5. The number of nitrogens with zero attached hydrogens (tertiary/aromatic N) is 9. The summed E-state index contributed by atoms with van der Waals surface area (Å²) in [6.45, 7) is 8.93. The zero-order chi connectivity index (χ0) is 68.8. The Morgan fingerprint density at radius 2 is 1.14 bits per heavy atom. The number of hydrogen-bond acceptors (Lipinski definition) is 18. The Hall–Kier alpha value is -9.71. The molecule has 0 atom stereocenters. The summed E-state index contributed by atoms with van der Waals surface area (Å²) < 4.78 is 117. The van der Waals surface area contributed by atoms with Crippen molar-refractivity contribution in [3.63, 3.8) is 0 Å². The summed E-state index contributed by atoms with van der Waals surface area (Å²) >= 11 is 0. The van der Waals surface area contributed by atoms with Crippen molar-refractivity contribution in [3.8, 4) is 17.2 Å². The van der Waals surface area contributed by atoms with Crippen LogP contribution in [0.5, 0.6) is 17.2 Å². The van der Waals surface area contributed by atoms with E-state index in [4.69, 9.17) is 34.0 Å². The average molecular weight is 1380 g/mol. The van der Waals surface area contributed by atoms with E-state index >= 15 is 0 Å². The highest BCUT2D eigenvalue weighted by Crippen LogP contribution is 2.40. The first-order chi connectivity index (χ1) is 46.7. The van der Waals surface area contributed by atoms with Crippen molar-refractivity contribution < 1.29 is 68.5 Å². The van der Waals surface area contributed by atoms with E-state index in [1.54, 1.807) is 109 Å². The van der Waals surface area contributed by atoms with Crippen molar-refractivity contribution in [2.24, 2.45) is 0 Å². The van der Waals surface area contributed by atoms with E-state index in [0.717, 1.165) is 131 Å². The topological polar surface area (TPSA) is 287 Å². The summed E-state index contributed by atoms with van der Waals surface area (Å²) in [4.78, 5) is 46.0. The predicted molar refractivity (Wildman–Crippen MR) is 368 cm³/mol. The van der Waals surface area contributed by atoms with Crippen LogP contribution >= 0.6 is 0 Å². The summed E-state index contributed by atoms with van der Waals surface area (Å²) in [5.41, 5.74) is 10.1. The van der Waals surface area contributed by atoms with Gasteiger partial charge in [0.15, 0.2) is 17.1 Å². The minimum Gasteiger partial charge on any atom is -0.490 e. The van der Waals surface area contributed by atoms with Gasteiger partial charge in [0.25, 0.3) is 43.0 Å². The quantitative estimate of drug-likeness (QED) is 0.114. The Bertz CT molecular complexity index is 4940. The molecule has 4 aromatic carbocycles. The van der Waals surface area contributed by atoms with Crippen LogP contribution in [-0.2, 0) is 50.9 Å². The fraction of sp³-hybridized carbons (Fsp3) is 0.290. The lowest BCUT2D eigenvalue weighted by Crippen LogP contribution is -2.29. The molecule has 508 valence electrons. The van der Waals surface area contributed by atoms with E-state index in [1.165, 1.54) is 27.0 Å². The van der Waals surface area contributed by atoms with Crippen LogP contribution in [0.15, 0.2) is 161 Å². The molecule has 0 aliphatic carbocycles. The van der Waals surface area contributed by atoms with E-state index in [0.29, 0.717) is 72.1 Å². The third kappa shape index (κ3) is 14.1. The molecule has 6 aliphatic rings. The van der Waals surface area contributed by atoms with Crippen molar-refractivity contribution in [2.45, 2.75) is 53.7 Å². The molecule has 11 heterocycles. The number of rotatable bonds is 9. The summed E-state index contributed by atoms with van der Waals surface area (Å²) in [5, 5.41) is 18.5. The maximum atomic E-state index is 14.9. The van der Waals surface area contributed by atoms with Crippen LogP contribution in [0.4, 0.5) is 15.8 Å². The molecule has 0 unspecified atom stereocenters. The smallest absolute Gasteiger partial charge is 0.290 e. The number of nitrogens with one attached hydrogen (secondary N) is 1. The number of likely N-dealkylation sites (N-methyl/N-ethyl adjacent to an activating group) is 3. The van der Waals surface area contributed by atoms with Gasteiger partial charge in [-0.3, -0.25) is 19.4 Å². The summed E-state index contributed by atoms with van der Waals surface area (Å²) in [7, 11) is -5.65. The molecular formula is C69H73FN10O14S3. The van der Waals surface area contributed by atoms with Crippen LogP contribution in [-0.4, -0.2) is 179 Å². The lowest BCUT2D eigenvalue weighted by Gasteiger charge is -2.27. The largest absolute Gasteiger partial charge is 0.490 e. The summed E-state index contributed by atoms with van der Waals surface area (Å²) in [6.07, 6.45) is 18.5. The van der Waals surface area contributed by atoms with Gasteiger partial charge in [-0.1, -0.05) is 30.4 Å². The van der Waals surface area contributed by atoms with Crippen LogP contribution in [0, 0.1) is 5.82 Å². The molecule has 1 amide bonds. The molecule has 6 aliphatic heterocycles. The van der Waals surface area contributed by atoms with Gasteiger partial charge < -0.3 is 49.3 Å². The maximum absolute atomic E-state index is 14.9. The summed E-state index contributed by atoms with van der Waals surface area (Å²) in [5.74, 6) is 0.953. The van der Waals surface area contributed by atoms with Crippen molar-refractivity contribution >= 4 is 110 Å².